The highest BCUT2D eigenvalue weighted by atomic mass is 35.5. The van der Waals surface area contributed by atoms with Crippen molar-refractivity contribution in [3.63, 3.8) is 0 Å². The zero-order chi connectivity index (χ0) is 20.5. The molecule has 0 aliphatic heterocycles. The number of benzene rings is 2. The SMILES string of the molecule is CC(C)c1ccc2c(c1)nc1c(=O)[nH]c(=O)[nH]c1[n+]2CCCc1ccc(Cl)cc1. The summed E-state index contributed by atoms with van der Waals surface area (Å²) in [5.41, 5.74) is 3.64. The van der Waals surface area contributed by atoms with Gasteiger partial charge >= 0.3 is 11.3 Å². The zero-order valence-electron chi connectivity index (χ0n) is 16.3. The molecule has 2 heterocycles. The molecule has 148 valence electrons. The normalized spacial score (nSPS) is 11.6. The first-order chi connectivity index (χ1) is 13.9. The van der Waals surface area contributed by atoms with Crippen LogP contribution in [0.1, 0.15) is 37.3 Å². The van der Waals surface area contributed by atoms with E-state index < -0.39 is 11.2 Å². The minimum absolute atomic E-state index is 0.240. The van der Waals surface area contributed by atoms with Crippen molar-refractivity contribution < 1.29 is 4.57 Å². The summed E-state index contributed by atoms with van der Waals surface area (Å²) in [5.74, 6) is 0.351. The third kappa shape index (κ3) is 3.93. The van der Waals surface area contributed by atoms with Gasteiger partial charge in [0.1, 0.15) is 5.52 Å². The summed E-state index contributed by atoms with van der Waals surface area (Å²) in [6, 6.07) is 13.9. The largest absolute Gasteiger partial charge is 0.413 e. The molecule has 6 nitrogen and oxygen atoms in total. The Kier molecular flexibility index (Phi) is 5.20. The van der Waals surface area contributed by atoms with Crippen molar-refractivity contribution in [2.45, 2.75) is 39.2 Å². The summed E-state index contributed by atoms with van der Waals surface area (Å²) in [5, 5.41) is 0.715. The van der Waals surface area contributed by atoms with E-state index in [9.17, 15) is 9.59 Å². The van der Waals surface area contributed by atoms with Crippen LogP contribution in [0.15, 0.2) is 52.1 Å². The van der Waals surface area contributed by atoms with Crippen LogP contribution in [0.25, 0.3) is 22.2 Å². The quantitative estimate of drug-likeness (QED) is 0.391. The fourth-order valence-electron chi connectivity index (χ4n) is 3.55. The third-order valence-corrected chi connectivity index (χ3v) is 5.37. The van der Waals surface area contributed by atoms with Gasteiger partial charge in [-0.3, -0.25) is 9.78 Å². The van der Waals surface area contributed by atoms with Gasteiger partial charge in [0, 0.05) is 5.02 Å². The number of hydrogen-bond donors (Lipinski definition) is 2. The summed E-state index contributed by atoms with van der Waals surface area (Å²) >= 11 is 5.96. The number of fused-ring (bicyclic) bond motifs is 2. The Hall–Kier alpha value is -2.99. The second kappa shape index (κ2) is 7.79. The number of aromatic nitrogens is 4. The van der Waals surface area contributed by atoms with Gasteiger partial charge < -0.3 is 0 Å². The first-order valence-electron chi connectivity index (χ1n) is 9.66. The van der Waals surface area contributed by atoms with Crippen molar-refractivity contribution in [3.05, 3.63) is 79.5 Å². The highest BCUT2D eigenvalue weighted by Crippen LogP contribution is 2.19. The maximum Gasteiger partial charge on any atom is 0.413 e. The molecule has 0 bridgehead atoms. The lowest BCUT2D eigenvalue weighted by atomic mass is 10.0. The summed E-state index contributed by atoms with van der Waals surface area (Å²) in [4.78, 5) is 33.9. The molecule has 2 aromatic carbocycles. The van der Waals surface area contributed by atoms with Gasteiger partial charge in [0.15, 0.2) is 5.52 Å². The average molecular weight is 410 g/mol. The monoisotopic (exact) mass is 409 g/mol. The topological polar surface area (TPSA) is 82.5 Å². The number of H-pyrrole nitrogens is 2. The molecular weight excluding hydrogens is 388 g/mol. The van der Waals surface area contributed by atoms with Crippen LogP contribution in [0, 0.1) is 0 Å². The van der Waals surface area contributed by atoms with Gasteiger partial charge in [0.25, 0.3) is 5.56 Å². The van der Waals surface area contributed by atoms with Crippen LogP contribution < -0.4 is 15.8 Å². The highest BCUT2D eigenvalue weighted by molar-refractivity contribution is 6.30. The van der Waals surface area contributed by atoms with Gasteiger partial charge in [-0.25, -0.2) is 14.3 Å². The minimum atomic E-state index is -0.533. The molecular formula is C22H22ClN4O2+. The number of aryl methyl sites for hydroxylation is 2. The van der Waals surface area contributed by atoms with E-state index in [0.29, 0.717) is 23.1 Å². The van der Waals surface area contributed by atoms with Crippen LogP contribution in [-0.4, -0.2) is 15.0 Å². The highest BCUT2D eigenvalue weighted by Gasteiger charge is 2.19. The molecule has 4 rings (SSSR count). The molecule has 0 amide bonds. The van der Waals surface area contributed by atoms with Crippen LogP contribution in [0.4, 0.5) is 0 Å². The number of nitrogens with zero attached hydrogens (tertiary/aromatic N) is 2. The predicted molar refractivity (Wildman–Crippen MR) is 115 cm³/mol. The maximum atomic E-state index is 12.4. The molecule has 0 atom stereocenters. The summed E-state index contributed by atoms with van der Waals surface area (Å²) in [6.07, 6.45) is 1.69. The van der Waals surface area contributed by atoms with Crippen LogP contribution in [0.5, 0.6) is 0 Å². The molecule has 0 radical (unpaired) electrons. The predicted octanol–water partition coefficient (Wildman–Crippen LogP) is 3.46. The van der Waals surface area contributed by atoms with Crippen molar-refractivity contribution in [1.82, 2.24) is 15.0 Å². The van der Waals surface area contributed by atoms with Gasteiger partial charge in [0.2, 0.25) is 5.52 Å². The van der Waals surface area contributed by atoms with Crippen molar-refractivity contribution in [2.24, 2.45) is 0 Å². The first kappa shape index (κ1) is 19.3. The smallest absolute Gasteiger partial charge is 0.267 e. The lowest BCUT2D eigenvalue weighted by molar-refractivity contribution is -0.648. The first-order valence-corrected chi connectivity index (χ1v) is 10.0. The minimum Gasteiger partial charge on any atom is -0.267 e. The van der Waals surface area contributed by atoms with Crippen molar-refractivity contribution in [1.29, 1.82) is 0 Å². The molecule has 0 aliphatic carbocycles. The van der Waals surface area contributed by atoms with E-state index in [1.807, 2.05) is 41.0 Å². The number of nitrogens with one attached hydrogen (secondary N) is 2. The van der Waals surface area contributed by atoms with E-state index in [1.165, 1.54) is 5.56 Å². The van der Waals surface area contributed by atoms with Crippen LogP contribution >= 0.6 is 11.6 Å². The summed E-state index contributed by atoms with van der Waals surface area (Å²) in [6.45, 7) is 4.87. The van der Waals surface area contributed by atoms with E-state index in [0.717, 1.165) is 29.4 Å². The van der Waals surface area contributed by atoms with Crippen LogP contribution in [0.2, 0.25) is 5.02 Å². The van der Waals surface area contributed by atoms with Gasteiger partial charge in [0.05, 0.1) is 6.54 Å². The van der Waals surface area contributed by atoms with Crippen molar-refractivity contribution >= 4 is 33.8 Å². The number of hydrogen-bond acceptors (Lipinski definition) is 3. The molecule has 2 N–H and O–H groups in total. The Morgan fingerprint density at radius 3 is 2.55 bits per heavy atom. The maximum absolute atomic E-state index is 12.4. The Morgan fingerprint density at radius 2 is 1.83 bits per heavy atom. The van der Waals surface area contributed by atoms with E-state index in [2.05, 4.69) is 34.9 Å². The Bertz CT molecular complexity index is 1310. The van der Waals surface area contributed by atoms with Crippen LogP contribution in [0.3, 0.4) is 0 Å². The lowest BCUT2D eigenvalue weighted by Gasteiger charge is -2.10. The van der Waals surface area contributed by atoms with Crippen molar-refractivity contribution in [3.8, 4) is 0 Å². The Morgan fingerprint density at radius 1 is 1.07 bits per heavy atom. The molecule has 0 spiro atoms. The van der Waals surface area contributed by atoms with Gasteiger partial charge in [-0.2, -0.15) is 4.98 Å². The molecule has 2 aromatic heterocycles. The fourth-order valence-corrected chi connectivity index (χ4v) is 3.68. The average Bonchev–Trinajstić information content (AvgIpc) is 2.69. The summed E-state index contributed by atoms with van der Waals surface area (Å²) in [7, 11) is 0. The lowest BCUT2D eigenvalue weighted by Crippen LogP contribution is -2.40. The van der Waals surface area contributed by atoms with Crippen LogP contribution in [-0.2, 0) is 13.0 Å². The number of halogens is 1. The second-order valence-corrected chi connectivity index (χ2v) is 7.94. The number of rotatable bonds is 5. The van der Waals surface area contributed by atoms with Crippen molar-refractivity contribution in [2.75, 3.05) is 0 Å². The number of aromatic amines is 2. The molecule has 4 aromatic rings. The molecule has 0 unspecified atom stereocenters. The van der Waals surface area contributed by atoms with Gasteiger partial charge in [-0.15, -0.1) is 0 Å². The molecule has 0 aliphatic rings. The Balaban J connectivity index is 1.80. The van der Waals surface area contributed by atoms with E-state index in [4.69, 9.17) is 11.6 Å². The molecule has 0 saturated heterocycles. The standard InChI is InChI=1S/C22H21ClN4O2/c1-13(2)15-7-10-18-17(12-15)24-19-20(25-22(29)26-21(19)28)27(18)11-3-4-14-5-8-16(23)9-6-14/h5-10,12-13H,3-4,11H2,1-2H3,(H,26,28,29)/p+1. The molecule has 0 saturated carbocycles. The molecule has 7 heteroatoms. The molecule has 29 heavy (non-hydrogen) atoms. The van der Waals surface area contributed by atoms with Gasteiger partial charge in [-0.1, -0.05) is 43.6 Å². The molecule has 0 fully saturated rings. The fraction of sp³-hybridized carbons (Fsp3) is 0.273. The summed E-state index contributed by atoms with van der Waals surface area (Å²) < 4.78 is 1.98. The second-order valence-electron chi connectivity index (χ2n) is 7.50. The van der Waals surface area contributed by atoms with Gasteiger partial charge in [-0.05, 0) is 54.2 Å². The Labute approximate surface area is 172 Å². The third-order valence-electron chi connectivity index (χ3n) is 5.12. The van der Waals surface area contributed by atoms with E-state index in [1.54, 1.807) is 0 Å². The zero-order valence-corrected chi connectivity index (χ0v) is 17.1. The van der Waals surface area contributed by atoms with E-state index in [-0.39, 0.29) is 5.52 Å². The van der Waals surface area contributed by atoms with E-state index >= 15 is 0 Å².